The Morgan fingerprint density at radius 3 is 2.79 bits per heavy atom. The van der Waals surface area contributed by atoms with Crippen molar-refractivity contribution >= 4 is 16.8 Å². The number of hydrogen-bond acceptors (Lipinski definition) is 5. The first kappa shape index (κ1) is 19.4. The van der Waals surface area contributed by atoms with Gasteiger partial charge in [-0.25, -0.2) is 0 Å². The van der Waals surface area contributed by atoms with Gasteiger partial charge >= 0.3 is 0 Å². The van der Waals surface area contributed by atoms with Crippen molar-refractivity contribution in [2.45, 2.75) is 12.8 Å². The Hall–Kier alpha value is -1.96. The molecule has 2 fully saturated rings. The molecule has 1 aromatic carbocycles. The molecule has 2 saturated heterocycles. The minimum atomic E-state index is 0.0152. The lowest BCUT2D eigenvalue weighted by molar-refractivity contribution is 0.0396. The number of rotatable bonds is 5. The molecule has 0 saturated carbocycles. The van der Waals surface area contributed by atoms with E-state index in [2.05, 4.69) is 10.00 Å². The van der Waals surface area contributed by atoms with Crippen LogP contribution in [0.5, 0.6) is 0 Å². The molecule has 1 atom stereocenters. The summed E-state index contributed by atoms with van der Waals surface area (Å²) in [5, 5.41) is 15.4. The number of ether oxygens (including phenoxy) is 1. The number of fused-ring (bicyclic) bond motifs is 1. The number of methoxy groups -OCH3 is 1. The van der Waals surface area contributed by atoms with Gasteiger partial charge in [-0.05, 0) is 24.3 Å². The zero-order valence-electron chi connectivity index (χ0n) is 16.8. The third-order valence-electron chi connectivity index (χ3n) is 6.72. The zero-order valence-corrected chi connectivity index (χ0v) is 16.8. The summed E-state index contributed by atoms with van der Waals surface area (Å²) in [6, 6.07) is 7.87. The van der Waals surface area contributed by atoms with Gasteiger partial charge in [0.15, 0.2) is 5.69 Å². The lowest BCUT2D eigenvalue weighted by Gasteiger charge is -2.42. The van der Waals surface area contributed by atoms with Crippen LogP contribution in [0.3, 0.4) is 0 Å². The molecular weight excluding hydrogens is 356 g/mol. The summed E-state index contributed by atoms with van der Waals surface area (Å²) in [6.07, 6.45) is 1.86. The molecule has 1 unspecified atom stereocenters. The number of carbonyl (C=O) groups excluding carboxylic acids is 1. The number of aryl methyl sites for hydroxylation is 1. The van der Waals surface area contributed by atoms with Gasteiger partial charge in [-0.1, -0.05) is 18.2 Å². The van der Waals surface area contributed by atoms with Gasteiger partial charge in [0, 0.05) is 64.8 Å². The monoisotopic (exact) mass is 386 g/mol. The summed E-state index contributed by atoms with van der Waals surface area (Å²) >= 11 is 0. The van der Waals surface area contributed by atoms with Crippen LogP contribution in [0.2, 0.25) is 0 Å². The van der Waals surface area contributed by atoms with Gasteiger partial charge in [0.1, 0.15) is 0 Å². The smallest absolute Gasteiger partial charge is 0.275 e. The van der Waals surface area contributed by atoms with E-state index in [1.807, 2.05) is 36.2 Å². The van der Waals surface area contributed by atoms with Crippen molar-refractivity contribution in [3.8, 4) is 0 Å². The highest BCUT2D eigenvalue weighted by atomic mass is 16.5. The predicted octanol–water partition coefficient (Wildman–Crippen LogP) is 1.37. The van der Waals surface area contributed by atoms with Crippen molar-refractivity contribution < 1.29 is 14.6 Å². The van der Waals surface area contributed by atoms with E-state index in [-0.39, 0.29) is 23.8 Å². The molecule has 4 rings (SSSR count). The number of aliphatic hydroxyl groups excluding tert-OH is 1. The second-order valence-corrected chi connectivity index (χ2v) is 8.25. The highest BCUT2D eigenvalue weighted by Gasteiger charge is 2.48. The first-order valence-electron chi connectivity index (χ1n) is 10.1. The summed E-state index contributed by atoms with van der Waals surface area (Å²) in [4.78, 5) is 17.5. The van der Waals surface area contributed by atoms with E-state index in [4.69, 9.17) is 4.74 Å². The second kappa shape index (κ2) is 7.81. The average Bonchev–Trinajstić information content (AvgIpc) is 3.24. The number of aliphatic hydroxyl groups is 1. The van der Waals surface area contributed by atoms with Crippen LogP contribution in [0.15, 0.2) is 24.3 Å². The Morgan fingerprint density at radius 2 is 2.07 bits per heavy atom. The number of piperidine rings is 1. The molecule has 0 radical (unpaired) electrons. The van der Waals surface area contributed by atoms with Crippen molar-refractivity contribution in [3.63, 3.8) is 0 Å². The van der Waals surface area contributed by atoms with Gasteiger partial charge in [-0.15, -0.1) is 0 Å². The SMILES string of the molecule is COCCN1CC(CO)C2(CCN(C(=O)c3nn(C)c4ccccc34)CC2)C1. The molecule has 1 amide bonds. The number of benzene rings is 1. The Bertz CT molecular complexity index is 841. The number of amides is 1. The predicted molar refractivity (Wildman–Crippen MR) is 107 cm³/mol. The Balaban J connectivity index is 1.47. The highest BCUT2D eigenvalue weighted by Crippen LogP contribution is 2.44. The maximum absolute atomic E-state index is 13.2. The van der Waals surface area contributed by atoms with Gasteiger partial charge in [-0.3, -0.25) is 9.48 Å². The van der Waals surface area contributed by atoms with Gasteiger partial charge in [0.25, 0.3) is 5.91 Å². The number of carbonyl (C=O) groups is 1. The van der Waals surface area contributed by atoms with Crippen LogP contribution in [0.4, 0.5) is 0 Å². The van der Waals surface area contributed by atoms with E-state index in [9.17, 15) is 9.90 Å². The van der Waals surface area contributed by atoms with Crippen LogP contribution < -0.4 is 0 Å². The number of aromatic nitrogens is 2. The average molecular weight is 386 g/mol. The number of para-hydroxylation sites is 1. The second-order valence-electron chi connectivity index (χ2n) is 8.25. The van der Waals surface area contributed by atoms with Crippen molar-refractivity contribution in [2.24, 2.45) is 18.4 Å². The first-order valence-corrected chi connectivity index (χ1v) is 10.1. The molecule has 7 heteroatoms. The molecule has 28 heavy (non-hydrogen) atoms. The summed E-state index contributed by atoms with van der Waals surface area (Å²) in [5.74, 6) is 0.290. The summed E-state index contributed by atoms with van der Waals surface area (Å²) in [6.45, 7) is 5.16. The number of nitrogens with zero attached hydrogens (tertiary/aromatic N) is 4. The Kier molecular flexibility index (Phi) is 5.40. The fourth-order valence-electron chi connectivity index (χ4n) is 5.03. The quantitative estimate of drug-likeness (QED) is 0.840. The molecule has 0 bridgehead atoms. The van der Waals surface area contributed by atoms with Gasteiger partial charge in [-0.2, -0.15) is 5.10 Å². The molecule has 2 aliphatic heterocycles. The molecule has 2 aromatic rings. The molecule has 1 spiro atoms. The molecule has 1 N–H and O–H groups in total. The Morgan fingerprint density at radius 1 is 1.32 bits per heavy atom. The Labute approximate surface area is 165 Å². The van der Waals surface area contributed by atoms with Crippen molar-refractivity contribution in [2.75, 3.05) is 53.0 Å². The lowest BCUT2D eigenvalue weighted by Crippen LogP contribution is -2.47. The highest BCUT2D eigenvalue weighted by molar-refractivity contribution is 6.04. The van der Waals surface area contributed by atoms with Crippen LogP contribution >= 0.6 is 0 Å². The van der Waals surface area contributed by atoms with Crippen LogP contribution in [0.25, 0.3) is 10.9 Å². The van der Waals surface area contributed by atoms with Crippen LogP contribution in [-0.4, -0.2) is 83.6 Å². The van der Waals surface area contributed by atoms with Crippen LogP contribution in [0.1, 0.15) is 23.3 Å². The maximum Gasteiger partial charge on any atom is 0.275 e. The fourth-order valence-corrected chi connectivity index (χ4v) is 5.03. The van der Waals surface area contributed by atoms with E-state index in [1.165, 1.54) is 0 Å². The topological polar surface area (TPSA) is 70.8 Å². The molecular formula is C21H30N4O3. The maximum atomic E-state index is 13.2. The van der Waals surface area contributed by atoms with Crippen LogP contribution in [-0.2, 0) is 11.8 Å². The van der Waals surface area contributed by atoms with Gasteiger partial charge in [0.05, 0.1) is 12.1 Å². The zero-order chi connectivity index (χ0) is 19.7. The molecule has 2 aliphatic rings. The molecule has 3 heterocycles. The molecule has 1 aromatic heterocycles. The summed E-state index contributed by atoms with van der Waals surface area (Å²) in [7, 11) is 3.60. The molecule has 0 aliphatic carbocycles. The first-order chi connectivity index (χ1) is 13.6. The standard InChI is InChI=1S/C21H30N4O3/c1-23-18-6-4-3-5-17(18)19(22-23)20(27)25-9-7-21(8-10-25)15-24(11-12-28-2)13-16(21)14-26/h3-6,16,26H,7-15H2,1-2H3. The lowest BCUT2D eigenvalue weighted by atomic mass is 9.71. The third kappa shape index (κ3) is 3.32. The van der Waals surface area contributed by atoms with Crippen molar-refractivity contribution in [1.82, 2.24) is 19.6 Å². The number of likely N-dealkylation sites (tertiary alicyclic amines) is 2. The largest absolute Gasteiger partial charge is 0.396 e. The number of hydrogen-bond donors (Lipinski definition) is 1. The summed E-state index contributed by atoms with van der Waals surface area (Å²) < 4.78 is 7.00. The molecule has 7 nitrogen and oxygen atoms in total. The fraction of sp³-hybridized carbons (Fsp3) is 0.619. The van der Waals surface area contributed by atoms with Crippen LogP contribution in [0, 0.1) is 11.3 Å². The van der Waals surface area contributed by atoms with E-state index in [0.29, 0.717) is 12.3 Å². The van der Waals surface area contributed by atoms with E-state index < -0.39 is 0 Å². The minimum absolute atomic E-state index is 0.0152. The van der Waals surface area contributed by atoms with Gasteiger partial charge < -0.3 is 19.6 Å². The summed E-state index contributed by atoms with van der Waals surface area (Å²) in [5.41, 5.74) is 1.62. The van der Waals surface area contributed by atoms with Crippen molar-refractivity contribution in [3.05, 3.63) is 30.0 Å². The third-order valence-corrected chi connectivity index (χ3v) is 6.72. The van der Waals surface area contributed by atoms with E-state index >= 15 is 0 Å². The van der Waals surface area contributed by atoms with Crippen molar-refractivity contribution in [1.29, 1.82) is 0 Å². The normalized spacial score (nSPS) is 22.4. The molecule has 152 valence electrons. The van der Waals surface area contributed by atoms with E-state index in [1.54, 1.807) is 11.8 Å². The minimum Gasteiger partial charge on any atom is -0.396 e. The van der Waals surface area contributed by atoms with Gasteiger partial charge in [0.2, 0.25) is 0 Å². The van der Waals surface area contributed by atoms with E-state index in [0.717, 1.165) is 56.5 Å².